The molecular formula is C17H30N4O2. The first-order valence-electron chi connectivity index (χ1n) is 7.72. The van der Waals surface area contributed by atoms with Gasteiger partial charge in [-0.05, 0) is 52.1 Å². The Morgan fingerprint density at radius 2 is 1.87 bits per heavy atom. The molecule has 3 N–H and O–H groups in total. The highest BCUT2D eigenvalue weighted by Gasteiger charge is 2.19. The summed E-state index contributed by atoms with van der Waals surface area (Å²) in [5.74, 6) is 1.94. The number of rotatable bonds is 8. The molecule has 0 aliphatic rings. The van der Waals surface area contributed by atoms with Gasteiger partial charge in [-0.1, -0.05) is 6.07 Å². The molecule has 0 spiro atoms. The average molecular weight is 322 g/mol. The van der Waals surface area contributed by atoms with E-state index < -0.39 is 0 Å². The van der Waals surface area contributed by atoms with E-state index in [0.29, 0.717) is 19.0 Å². The van der Waals surface area contributed by atoms with Gasteiger partial charge in [0.05, 0.1) is 20.8 Å². The van der Waals surface area contributed by atoms with Crippen LogP contribution in [-0.2, 0) is 6.42 Å². The van der Waals surface area contributed by atoms with Crippen LogP contribution in [0.15, 0.2) is 23.2 Å². The Morgan fingerprint density at radius 1 is 1.22 bits per heavy atom. The van der Waals surface area contributed by atoms with Crippen LogP contribution in [0.25, 0.3) is 0 Å². The third kappa shape index (κ3) is 5.98. The van der Waals surface area contributed by atoms with Crippen LogP contribution in [0.1, 0.15) is 19.4 Å². The highest BCUT2D eigenvalue weighted by Crippen LogP contribution is 2.27. The monoisotopic (exact) mass is 322 g/mol. The van der Waals surface area contributed by atoms with Crippen LogP contribution < -0.4 is 20.5 Å². The van der Waals surface area contributed by atoms with E-state index in [2.05, 4.69) is 29.1 Å². The van der Waals surface area contributed by atoms with Gasteiger partial charge in [-0.15, -0.1) is 0 Å². The Kier molecular flexibility index (Phi) is 7.16. The van der Waals surface area contributed by atoms with Crippen LogP contribution in [0.4, 0.5) is 0 Å². The SMILES string of the molecule is COc1ccc(CCNC(N)=NCC(C)(C)N(C)C)cc1OC. The molecule has 0 aliphatic carbocycles. The van der Waals surface area contributed by atoms with E-state index in [-0.39, 0.29) is 5.54 Å². The molecule has 1 rings (SSSR count). The van der Waals surface area contributed by atoms with E-state index in [9.17, 15) is 0 Å². The van der Waals surface area contributed by atoms with E-state index >= 15 is 0 Å². The van der Waals surface area contributed by atoms with Crippen molar-refractivity contribution in [2.24, 2.45) is 10.7 Å². The number of ether oxygens (including phenoxy) is 2. The second-order valence-electron chi connectivity index (χ2n) is 6.27. The van der Waals surface area contributed by atoms with Crippen LogP contribution >= 0.6 is 0 Å². The Hall–Kier alpha value is -1.95. The van der Waals surface area contributed by atoms with Crippen LogP contribution in [0.2, 0.25) is 0 Å². The van der Waals surface area contributed by atoms with Crippen molar-refractivity contribution in [1.82, 2.24) is 10.2 Å². The van der Waals surface area contributed by atoms with Crippen molar-refractivity contribution in [2.45, 2.75) is 25.8 Å². The molecule has 0 aliphatic heterocycles. The molecule has 0 amide bonds. The molecule has 0 saturated heterocycles. The molecule has 6 heteroatoms. The van der Waals surface area contributed by atoms with Crippen LogP contribution in [-0.4, -0.2) is 57.8 Å². The number of nitrogens with zero attached hydrogens (tertiary/aromatic N) is 2. The van der Waals surface area contributed by atoms with Crippen molar-refractivity contribution in [3.05, 3.63) is 23.8 Å². The Bertz CT molecular complexity index is 527. The fraction of sp³-hybridized carbons (Fsp3) is 0.588. The first kappa shape index (κ1) is 19.1. The minimum Gasteiger partial charge on any atom is -0.493 e. The molecule has 0 bridgehead atoms. The number of benzene rings is 1. The summed E-state index contributed by atoms with van der Waals surface area (Å²) in [6.07, 6.45) is 0.827. The van der Waals surface area contributed by atoms with Crippen LogP contribution in [0.3, 0.4) is 0 Å². The molecule has 1 aromatic carbocycles. The second-order valence-corrected chi connectivity index (χ2v) is 6.27. The zero-order chi connectivity index (χ0) is 17.5. The molecule has 23 heavy (non-hydrogen) atoms. The highest BCUT2D eigenvalue weighted by atomic mass is 16.5. The van der Waals surface area contributed by atoms with Crippen molar-refractivity contribution in [3.63, 3.8) is 0 Å². The molecular weight excluding hydrogens is 292 g/mol. The Morgan fingerprint density at radius 3 is 2.43 bits per heavy atom. The summed E-state index contributed by atoms with van der Waals surface area (Å²) in [5.41, 5.74) is 7.05. The lowest BCUT2D eigenvalue weighted by atomic mass is 10.1. The fourth-order valence-corrected chi connectivity index (χ4v) is 1.85. The second kappa shape index (κ2) is 8.62. The lowest BCUT2D eigenvalue weighted by Crippen LogP contribution is -2.42. The molecule has 0 saturated carbocycles. The van der Waals surface area contributed by atoms with Gasteiger partial charge < -0.3 is 25.4 Å². The van der Waals surface area contributed by atoms with Gasteiger partial charge in [0.2, 0.25) is 0 Å². The van der Waals surface area contributed by atoms with Gasteiger partial charge in [0.25, 0.3) is 0 Å². The maximum atomic E-state index is 5.92. The minimum absolute atomic E-state index is 0.0182. The van der Waals surface area contributed by atoms with Gasteiger partial charge in [-0.2, -0.15) is 0 Å². The number of hydrogen-bond donors (Lipinski definition) is 2. The lowest BCUT2D eigenvalue weighted by molar-refractivity contribution is 0.205. The predicted molar refractivity (Wildman–Crippen MR) is 95.5 cm³/mol. The fourth-order valence-electron chi connectivity index (χ4n) is 1.85. The van der Waals surface area contributed by atoms with Gasteiger partial charge in [0.15, 0.2) is 17.5 Å². The number of aliphatic imine (C=N–C) groups is 1. The number of likely N-dealkylation sites (N-methyl/N-ethyl adjacent to an activating group) is 1. The molecule has 0 heterocycles. The minimum atomic E-state index is -0.0182. The molecule has 0 atom stereocenters. The van der Waals surface area contributed by atoms with E-state index in [0.717, 1.165) is 23.5 Å². The third-order valence-electron chi connectivity index (χ3n) is 4.01. The predicted octanol–water partition coefficient (Wildman–Crippen LogP) is 1.49. The normalized spacial score (nSPS) is 12.4. The van der Waals surface area contributed by atoms with Crippen molar-refractivity contribution in [1.29, 1.82) is 0 Å². The van der Waals surface area contributed by atoms with Gasteiger partial charge in [0.1, 0.15) is 0 Å². The Labute approximate surface area is 139 Å². The topological polar surface area (TPSA) is 72.1 Å². The quantitative estimate of drug-likeness (QED) is 0.560. The Balaban J connectivity index is 2.50. The third-order valence-corrected chi connectivity index (χ3v) is 4.01. The first-order valence-corrected chi connectivity index (χ1v) is 7.72. The van der Waals surface area contributed by atoms with Gasteiger partial charge in [0, 0.05) is 12.1 Å². The molecule has 6 nitrogen and oxygen atoms in total. The maximum absolute atomic E-state index is 5.92. The zero-order valence-electron chi connectivity index (χ0n) is 15.1. The summed E-state index contributed by atoms with van der Waals surface area (Å²) >= 11 is 0. The first-order chi connectivity index (χ1) is 10.8. The summed E-state index contributed by atoms with van der Waals surface area (Å²) in [6.45, 7) is 5.63. The molecule has 0 radical (unpaired) electrons. The summed E-state index contributed by atoms with van der Waals surface area (Å²) in [4.78, 5) is 6.54. The van der Waals surface area contributed by atoms with E-state index in [1.54, 1.807) is 14.2 Å². The van der Waals surface area contributed by atoms with Gasteiger partial charge in [-0.25, -0.2) is 0 Å². The lowest BCUT2D eigenvalue weighted by Gasteiger charge is -2.30. The highest BCUT2D eigenvalue weighted by molar-refractivity contribution is 5.77. The zero-order valence-corrected chi connectivity index (χ0v) is 15.1. The van der Waals surface area contributed by atoms with Crippen LogP contribution in [0.5, 0.6) is 11.5 Å². The molecule has 1 aromatic rings. The molecule has 0 aromatic heterocycles. The molecule has 0 unspecified atom stereocenters. The van der Waals surface area contributed by atoms with E-state index in [4.69, 9.17) is 15.2 Å². The number of nitrogens with two attached hydrogens (primary N) is 1. The summed E-state index contributed by atoms with van der Waals surface area (Å²) in [7, 11) is 7.34. The maximum Gasteiger partial charge on any atom is 0.188 e. The summed E-state index contributed by atoms with van der Waals surface area (Å²) in [5, 5.41) is 3.15. The van der Waals surface area contributed by atoms with Crippen molar-refractivity contribution < 1.29 is 9.47 Å². The van der Waals surface area contributed by atoms with E-state index in [1.807, 2.05) is 32.3 Å². The largest absolute Gasteiger partial charge is 0.493 e. The number of nitrogens with one attached hydrogen (secondary N) is 1. The van der Waals surface area contributed by atoms with Crippen molar-refractivity contribution in [3.8, 4) is 11.5 Å². The van der Waals surface area contributed by atoms with Crippen molar-refractivity contribution >= 4 is 5.96 Å². The standard InChI is InChI=1S/C17H30N4O2/c1-17(2,21(3)4)12-20-16(18)19-10-9-13-7-8-14(22-5)15(11-13)23-6/h7-8,11H,9-10,12H2,1-6H3,(H3,18,19,20). The molecule has 130 valence electrons. The van der Waals surface area contributed by atoms with Gasteiger partial charge in [-0.3, -0.25) is 4.99 Å². The summed E-state index contributed by atoms with van der Waals surface area (Å²) < 4.78 is 10.5. The van der Waals surface area contributed by atoms with Crippen LogP contribution in [0, 0.1) is 0 Å². The molecule has 0 fully saturated rings. The number of hydrogen-bond acceptors (Lipinski definition) is 4. The number of methoxy groups -OCH3 is 2. The average Bonchev–Trinajstić information content (AvgIpc) is 2.52. The van der Waals surface area contributed by atoms with E-state index in [1.165, 1.54) is 0 Å². The van der Waals surface area contributed by atoms with Gasteiger partial charge >= 0.3 is 0 Å². The number of guanidine groups is 1. The summed E-state index contributed by atoms with van der Waals surface area (Å²) in [6, 6.07) is 5.90. The smallest absolute Gasteiger partial charge is 0.188 e. The van der Waals surface area contributed by atoms with Crippen molar-refractivity contribution in [2.75, 3.05) is 41.4 Å².